The summed E-state index contributed by atoms with van der Waals surface area (Å²) >= 11 is 0. The Morgan fingerprint density at radius 2 is 2.22 bits per heavy atom. The van der Waals surface area contributed by atoms with E-state index in [0.29, 0.717) is 6.42 Å². The lowest BCUT2D eigenvalue weighted by atomic mass is 10.5. The van der Waals surface area contributed by atoms with Crippen LogP contribution < -0.4 is 4.89 Å². The minimum absolute atomic E-state index is 0.0480. The molecule has 1 radical (unpaired) electrons. The van der Waals surface area contributed by atoms with Crippen molar-refractivity contribution < 1.29 is 17.8 Å². The van der Waals surface area contributed by atoms with Crippen LogP contribution in [0, 0.1) is 0 Å². The quantitative estimate of drug-likeness (QED) is 0.561. The normalized spacial score (nSPS) is 11.8. The molecule has 0 aromatic carbocycles. The van der Waals surface area contributed by atoms with Crippen molar-refractivity contribution in [3.8, 4) is 0 Å². The van der Waals surface area contributed by atoms with Crippen LogP contribution in [0.4, 0.5) is 0 Å². The highest BCUT2D eigenvalue weighted by Gasteiger charge is 2.08. The molecule has 0 aliphatic carbocycles. The lowest BCUT2D eigenvalue weighted by Crippen LogP contribution is -2.15. The monoisotopic (exact) mass is 154 g/mol. The van der Waals surface area contributed by atoms with E-state index in [-0.39, 0.29) is 6.61 Å². The van der Waals surface area contributed by atoms with E-state index >= 15 is 0 Å². The van der Waals surface area contributed by atoms with Crippen LogP contribution in [0.5, 0.6) is 0 Å². The van der Waals surface area contributed by atoms with E-state index in [9.17, 15) is 8.42 Å². The molecule has 6 heteroatoms. The van der Waals surface area contributed by atoms with Crippen LogP contribution in [-0.4, -0.2) is 20.2 Å². The SMILES string of the molecule is CCCOS(=O)(=O)[N]O. The molecule has 0 aliphatic heterocycles. The van der Waals surface area contributed by atoms with E-state index in [2.05, 4.69) is 4.18 Å². The second-order valence-corrected chi connectivity index (χ2v) is 2.59. The Morgan fingerprint density at radius 1 is 1.67 bits per heavy atom. The third-order valence-corrected chi connectivity index (χ3v) is 1.20. The van der Waals surface area contributed by atoms with Crippen molar-refractivity contribution in [2.45, 2.75) is 13.3 Å². The zero-order valence-corrected chi connectivity index (χ0v) is 5.76. The highest BCUT2D eigenvalue weighted by atomic mass is 32.2. The van der Waals surface area contributed by atoms with E-state index < -0.39 is 10.3 Å². The number of hydrogen-bond acceptors (Lipinski definition) is 4. The lowest BCUT2D eigenvalue weighted by Gasteiger charge is -1.96. The van der Waals surface area contributed by atoms with Crippen molar-refractivity contribution in [1.29, 1.82) is 0 Å². The predicted octanol–water partition coefficient (Wildman–Crippen LogP) is -0.349. The van der Waals surface area contributed by atoms with E-state index in [1.54, 1.807) is 6.92 Å². The van der Waals surface area contributed by atoms with Crippen molar-refractivity contribution in [2.24, 2.45) is 0 Å². The van der Waals surface area contributed by atoms with Gasteiger partial charge in [0.2, 0.25) is 0 Å². The molecule has 0 spiro atoms. The van der Waals surface area contributed by atoms with Gasteiger partial charge in [-0.1, -0.05) is 6.92 Å². The molecule has 0 aliphatic rings. The van der Waals surface area contributed by atoms with Gasteiger partial charge in [0.05, 0.1) is 11.5 Å². The molecule has 55 valence electrons. The Morgan fingerprint density at radius 3 is 2.56 bits per heavy atom. The molecule has 5 nitrogen and oxygen atoms in total. The Kier molecular flexibility index (Phi) is 3.71. The second-order valence-electron chi connectivity index (χ2n) is 1.33. The van der Waals surface area contributed by atoms with Crippen LogP contribution in [0.3, 0.4) is 0 Å². The summed E-state index contributed by atoms with van der Waals surface area (Å²) < 4.78 is 24.3. The van der Waals surface area contributed by atoms with Crippen LogP contribution >= 0.6 is 0 Å². The molecule has 0 atom stereocenters. The van der Waals surface area contributed by atoms with Crippen LogP contribution in [0.15, 0.2) is 0 Å². The van der Waals surface area contributed by atoms with Crippen LogP contribution in [0.2, 0.25) is 0 Å². The molecule has 0 amide bonds. The third-order valence-electron chi connectivity index (χ3n) is 0.536. The van der Waals surface area contributed by atoms with Gasteiger partial charge in [0.1, 0.15) is 0 Å². The molecular weight excluding hydrogens is 146 g/mol. The van der Waals surface area contributed by atoms with Gasteiger partial charge >= 0.3 is 10.3 Å². The fourth-order valence-corrected chi connectivity index (χ4v) is 0.637. The summed E-state index contributed by atoms with van der Waals surface area (Å²) in [6.07, 6.45) is 0.564. The summed E-state index contributed by atoms with van der Waals surface area (Å²) in [5, 5.41) is 7.73. The number of rotatable bonds is 4. The zero-order valence-electron chi connectivity index (χ0n) is 4.94. The molecule has 0 unspecified atom stereocenters. The van der Waals surface area contributed by atoms with Crippen molar-refractivity contribution in [3.05, 3.63) is 0 Å². The summed E-state index contributed by atoms with van der Waals surface area (Å²) in [4.78, 5) is 2.01. The van der Waals surface area contributed by atoms with E-state index in [4.69, 9.17) is 5.21 Å². The summed E-state index contributed by atoms with van der Waals surface area (Å²) in [5.41, 5.74) is 0. The predicted molar refractivity (Wildman–Crippen MR) is 29.1 cm³/mol. The molecule has 0 heterocycles. The van der Waals surface area contributed by atoms with Gasteiger partial charge in [-0.25, -0.2) is 0 Å². The Hall–Kier alpha value is -0.170. The molecule has 9 heavy (non-hydrogen) atoms. The molecular formula is C3H8NO4S. The fraction of sp³-hybridized carbons (Fsp3) is 1.00. The summed E-state index contributed by atoms with van der Waals surface area (Å²) in [5.74, 6) is 0. The van der Waals surface area contributed by atoms with Gasteiger partial charge in [0, 0.05) is 0 Å². The van der Waals surface area contributed by atoms with E-state index in [1.165, 1.54) is 0 Å². The average molecular weight is 154 g/mol. The minimum Gasteiger partial charge on any atom is -0.281 e. The number of nitrogens with zero attached hydrogens (tertiary/aromatic N) is 1. The van der Waals surface area contributed by atoms with Gasteiger partial charge in [0.25, 0.3) is 0 Å². The second kappa shape index (κ2) is 3.78. The summed E-state index contributed by atoms with van der Waals surface area (Å²) in [7, 11) is -4.00. The molecule has 0 saturated heterocycles. The standard InChI is InChI=1S/C3H8NO4S/c1-2-3-8-9(6,7)4-5/h5H,2-3H2,1H3. The first kappa shape index (κ1) is 8.83. The van der Waals surface area contributed by atoms with Crippen LogP contribution in [0.25, 0.3) is 0 Å². The highest BCUT2D eigenvalue weighted by Crippen LogP contribution is 1.88. The van der Waals surface area contributed by atoms with Crippen molar-refractivity contribution in [1.82, 2.24) is 4.89 Å². The van der Waals surface area contributed by atoms with E-state index in [1.807, 2.05) is 4.89 Å². The molecule has 0 aromatic rings. The smallest absolute Gasteiger partial charge is 0.281 e. The number of hydrogen-bond donors (Lipinski definition) is 1. The minimum atomic E-state index is -4.00. The molecule has 0 aromatic heterocycles. The molecule has 0 saturated carbocycles. The maximum absolute atomic E-state index is 10.1. The van der Waals surface area contributed by atoms with E-state index in [0.717, 1.165) is 0 Å². The molecule has 0 bridgehead atoms. The summed E-state index contributed by atoms with van der Waals surface area (Å²) in [6, 6.07) is 0. The maximum Gasteiger partial charge on any atom is 0.377 e. The van der Waals surface area contributed by atoms with Crippen molar-refractivity contribution in [3.63, 3.8) is 0 Å². The summed E-state index contributed by atoms with van der Waals surface area (Å²) in [6.45, 7) is 1.79. The third kappa shape index (κ3) is 4.34. The Labute approximate surface area is 53.9 Å². The van der Waals surface area contributed by atoms with Gasteiger partial charge in [-0.15, -0.1) is 0 Å². The Bertz CT molecular complexity index is 151. The fourth-order valence-electron chi connectivity index (χ4n) is 0.212. The van der Waals surface area contributed by atoms with Crippen LogP contribution in [0.1, 0.15) is 13.3 Å². The van der Waals surface area contributed by atoms with Crippen molar-refractivity contribution >= 4 is 10.3 Å². The Balaban J connectivity index is 3.61. The average Bonchev–Trinajstić information content (AvgIpc) is 1.84. The first-order chi connectivity index (χ1) is 4.12. The maximum atomic E-state index is 10.1. The van der Waals surface area contributed by atoms with Gasteiger partial charge in [-0.2, -0.15) is 8.42 Å². The van der Waals surface area contributed by atoms with Crippen LogP contribution in [-0.2, 0) is 14.5 Å². The molecule has 0 fully saturated rings. The largest absolute Gasteiger partial charge is 0.377 e. The highest BCUT2D eigenvalue weighted by molar-refractivity contribution is 7.84. The van der Waals surface area contributed by atoms with Gasteiger partial charge in [-0.05, 0) is 6.42 Å². The van der Waals surface area contributed by atoms with Gasteiger partial charge < -0.3 is 0 Å². The van der Waals surface area contributed by atoms with Crippen molar-refractivity contribution in [2.75, 3.05) is 6.61 Å². The van der Waals surface area contributed by atoms with Gasteiger partial charge in [-0.3, -0.25) is 9.39 Å². The zero-order chi connectivity index (χ0) is 7.33. The topological polar surface area (TPSA) is 77.7 Å². The first-order valence-corrected chi connectivity index (χ1v) is 3.74. The lowest BCUT2D eigenvalue weighted by molar-refractivity contribution is 0.197. The first-order valence-electron chi connectivity index (χ1n) is 2.38. The van der Waals surface area contributed by atoms with Gasteiger partial charge in [0.15, 0.2) is 0 Å². The molecule has 0 rings (SSSR count). The molecule has 1 N–H and O–H groups in total.